The van der Waals surface area contributed by atoms with Gasteiger partial charge in [-0.25, -0.2) is 0 Å². The zero-order valence-corrected chi connectivity index (χ0v) is 20.0. The van der Waals surface area contributed by atoms with E-state index in [0.717, 1.165) is 44.2 Å². The van der Waals surface area contributed by atoms with E-state index in [4.69, 9.17) is 14.2 Å². The average molecular weight is 488 g/mol. The van der Waals surface area contributed by atoms with Gasteiger partial charge in [-0.2, -0.15) is 0 Å². The van der Waals surface area contributed by atoms with Gasteiger partial charge in [-0.3, -0.25) is 14.5 Å². The topological polar surface area (TPSA) is 80.3 Å². The maximum absolute atomic E-state index is 12.9. The predicted molar refractivity (Wildman–Crippen MR) is 137 cm³/mol. The Kier molecular flexibility index (Phi) is 7.44. The Bertz CT molecular complexity index is 1190. The van der Waals surface area contributed by atoms with Crippen LogP contribution in [0.2, 0.25) is 0 Å². The molecule has 5 rings (SSSR count). The van der Waals surface area contributed by atoms with Crippen molar-refractivity contribution >= 4 is 23.2 Å². The monoisotopic (exact) mass is 487 g/mol. The molecule has 0 atom stereocenters. The Morgan fingerprint density at radius 3 is 2.53 bits per heavy atom. The second kappa shape index (κ2) is 11.2. The number of anilines is 2. The predicted octanol–water partition coefficient (Wildman–Crippen LogP) is 3.58. The highest BCUT2D eigenvalue weighted by molar-refractivity contribution is 6.06. The Labute approximate surface area is 210 Å². The van der Waals surface area contributed by atoms with Crippen LogP contribution in [0.1, 0.15) is 15.9 Å². The largest absolute Gasteiger partial charge is 0.492 e. The van der Waals surface area contributed by atoms with Crippen LogP contribution in [0.15, 0.2) is 72.8 Å². The molecule has 8 nitrogen and oxygen atoms in total. The number of amides is 2. The number of rotatable bonds is 8. The van der Waals surface area contributed by atoms with Gasteiger partial charge in [0.25, 0.3) is 11.8 Å². The van der Waals surface area contributed by atoms with Gasteiger partial charge in [0.05, 0.1) is 25.4 Å². The van der Waals surface area contributed by atoms with Gasteiger partial charge in [0, 0.05) is 30.9 Å². The molecule has 2 aliphatic rings. The molecular formula is C28H29N3O5. The minimum absolute atomic E-state index is 0.0576. The first-order chi connectivity index (χ1) is 17.7. The van der Waals surface area contributed by atoms with E-state index in [-0.39, 0.29) is 18.4 Å². The molecule has 0 unspecified atom stereocenters. The highest BCUT2D eigenvalue weighted by Crippen LogP contribution is 2.34. The van der Waals surface area contributed by atoms with E-state index < -0.39 is 0 Å². The first kappa shape index (κ1) is 23.8. The molecule has 2 amide bonds. The third-order valence-corrected chi connectivity index (χ3v) is 6.24. The van der Waals surface area contributed by atoms with E-state index in [1.165, 1.54) is 0 Å². The van der Waals surface area contributed by atoms with Crippen molar-refractivity contribution in [2.24, 2.45) is 0 Å². The third-order valence-electron chi connectivity index (χ3n) is 6.24. The molecule has 0 spiro atoms. The molecule has 3 aromatic carbocycles. The van der Waals surface area contributed by atoms with Crippen LogP contribution in [0.3, 0.4) is 0 Å². The molecule has 1 fully saturated rings. The van der Waals surface area contributed by atoms with Crippen molar-refractivity contribution in [3.8, 4) is 11.5 Å². The molecule has 36 heavy (non-hydrogen) atoms. The fourth-order valence-corrected chi connectivity index (χ4v) is 4.24. The van der Waals surface area contributed by atoms with Gasteiger partial charge in [0.1, 0.15) is 18.1 Å². The molecule has 8 heteroatoms. The molecule has 1 saturated heterocycles. The van der Waals surface area contributed by atoms with Crippen LogP contribution in [0.5, 0.6) is 11.5 Å². The molecule has 2 aliphatic heterocycles. The molecule has 1 N–H and O–H groups in total. The first-order valence-electron chi connectivity index (χ1n) is 12.1. The number of hydrogen-bond acceptors (Lipinski definition) is 6. The zero-order chi connectivity index (χ0) is 24.7. The summed E-state index contributed by atoms with van der Waals surface area (Å²) >= 11 is 0. The summed E-state index contributed by atoms with van der Waals surface area (Å²) in [5, 5.41) is 2.91. The van der Waals surface area contributed by atoms with Gasteiger partial charge in [0.15, 0.2) is 6.61 Å². The van der Waals surface area contributed by atoms with E-state index in [9.17, 15) is 9.59 Å². The van der Waals surface area contributed by atoms with Crippen molar-refractivity contribution in [3.63, 3.8) is 0 Å². The number of carbonyl (C=O) groups excluding carboxylic acids is 2. The Morgan fingerprint density at radius 1 is 0.972 bits per heavy atom. The standard InChI is InChI=1S/C28H29N3O5/c32-27-20-36-26-18-22(6-11-25(26)31(27)19-21-4-2-1-3-5-21)28(33)29-23-7-9-24(10-8-23)35-17-14-30-12-15-34-16-13-30/h1-11,18H,12-17,19-20H2,(H,29,33). The van der Waals surface area contributed by atoms with Gasteiger partial charge in [0.2, 0.25) is 0 Å². The summed E-state index contributed by atoms with van der Waals surface area (Å²) in [5.74, 6) is 0.901. The lowest BCUT2D eigenvalue weighted by Crippen LogP contribution is -2.38. The van der Waals surface area contributed by atoms with Crippen LogP contribution in [0.4, 0.5) is 11.4 Å². The third kappa shape index (κ3) is 5.84. The number of carbonyl (C=O) groups is 2. The summed E-state index contributed by atoms with van der Waals surface area (Å²) in [7, 11) is 0. The summed E-state index contributed by atoms with van der Waals surface area (Å²) in [5.41, 5.74) is 2.80. The maximum atomic E-state index is 12.9. The van der Waals surface area contributed by atoms with E-state index in [1.54, 1.807) is 23.1 Å². The summed E-state index contributed by atoms with van der Waals surface area (Å²) in [6.07, 6.45) is 0. The fraction of sp³-hybridized carbons (Fsp3) is 0.286. The lowest BCUT2D eigenvalue weighted by atomic mass is 10.1. The van der Waals surface area contributed by atoms with Crippen LogP contribution >= 0.6 is 0 Å². The van der Waals surface area contributed by atoms with E-state index >= 15 is 0 Å². The Balaban J connectivity index is 1.18. The zero-order valence-electron chi connectivity index (χ0n) is 20.0. The van der Waals surface area contributed by atoms with Crippen molar-refractivity contribution in [3.05, 3.63) is 83.9 Å². The van der Waals surface area contributed by atoms with Crippen LogP contribution in [-0.2, 0) is 16.1 Å². The van der Waals surface area contributed by atoms with Crippen LogP contribution in [0, 0.1) is 0 Å². The highest BCUT2D eigenvalue weighted by Gasteiger charge is 2.26. The number of nitrogens with zero attached hydrogens (tertiary/aromatic N) is 2. The Morgan fingerprint density at radius 2 is 1.75 bits per heavy atom. The highest BCUT2D eigenvalue weighted by atomic mass is 16.5. The lowest BCUT2D eigenvalue weighted by Gasteiger charge is -2.29. The van der Waals surface area contributed by atoms with Gasteiger partial charge in [-0.1, -0.05) is 30.3 Å². The summed E-state index contributed by atoms with van der Waals surface area (Å²) in [6, 6.07) is 22.2. The molecular weight excluding hydrogens is 458 g/mol. The van der Waals surface area contributed by atoms with E-state index in [0.29, 0.717) is 35.8 Å². The second-order valence-electron chi connectivity index (χ2n) is 8.72. The first-order valence-corrected chi connectivity index (χ1v) is 12.1. The average Bonchev–Trinajstić information content (AvgIpc) is 2.92. The number of fused-ring (bicyclic) bond motifs is 1. The fourth-order valence-electron chi connectivity index (χ4n) is 4.24. The molecule has 186 valence electrons. The lowest BCUT2D eigenvalue weighted by molar-refractivity contribution is -0.121. The van der Waals surface area contributed by atoms with Crippen molar-refractivity contribution in [1.82, 2.24) is 4.90 Å². The van der Waals surface area contributed by atoms with Crippen LogP contribution < -0.4 is 19.7 Å². The minimum atomic E-state index is -0.256. The van der Waals surface area contributed by atoms with Gasteiger partial charge in [-0.15, -0.1) is 0 Å². The minimum Gasteiger partial charge on any atom is -0.492 e. The summed E-state index contributed by atoms with van der Waals surface area (Å²) < 4.78 is 16.8. The molecule has 0 aromatic heterocycles. The van der Waals surface area contributed by atoms with Crippen molar-refractivity contribution in [2.45, 2.75) is 6.54 Å². The summed E-state index contributed by atoms with van der Waals surface area (Å²) in [4.78, 5) is 29.4. The number of ether oxygens (including phenoxy) is 3. The Hall–Kier alpha value is -3.88. The molecule has 0 bridgehead atoms. The smallest absolute Gasteiger partial charge is 0.265 e. The van der Waals surface area contributed by atoms with Gasteiger partial charge >= 0.3 is 0 Å². The maximum Gasteiger partial charge on any atom is 0.265 e. The van der Waals surface area contributed by atoms with Gasteiger partial charge in [-0.05, 0) is 48.0 Å². The second-order valence-corrected chi connectivity index (χ2v) is 8.72. The van der Waals surface area contributed by atoms with Crippen LogP contribution in [-0.4, -0.2) is 62.8 Å². The normalized spacial score (nSPS) is 15.7. The quantitative estimate of drug-likeness (QED) is 0.523. The number of nitrogens with one attached hydrogen (secondary N) is 1. The van der Waals surface area contributed by atoms with E-state index in [2.05, 4.69) is 10.2 Å². The summed E-state index contributed by atoms with van der Waals surface area (Å²) in [6.45, 7) is 5.26. The number of hydrogen-bond donors (Lipinski definition) is 1. The molecule has 0 aliphatic carbocycles. The van der Waals surface area contributed by atoms with E-state index in [1.807, 2.05) is 54.6 Å². The number of morpholine rings is 1. The molecule has 0 saturated carbocycles. The SMILES string of the molecule is O=C(Nc1ccc(OCCN2CCOCC2)cc1)c1ccc2c(c1)OCC(=O)N2Cc1ccccc1. The molecule has 0 radical (unpaired) electrons. The molecule has 3 aromatic rings. The van der Waals surface area contributed by atoms with Crippen LogP contribution in [0.25, 0.3) is 0 Å². The number of benzene rings is 3. The van der Waals surface area contributed by atoms with Crippen molar-refractivity contribution < 1.29 is 23.8 Å². The van der Waals surface area contributed by atoms with Crippen molar-refractivity contribution in [1.29, 1.82) is 0 Å². The molecule has 2 heterocycles. The van der Waals surface area contributed by atoms with Crippen molar-refractivity contribution in [2.75, 3.05) is 56.3 Å². The van der Waals surface area contributed by atoms with Gasteiger partial charge < -0.3 is 24.4 Å².